The summed E-state index contributed by atoms with van der Waals surface area (Å²) < 4.78 is 5.31. The number of carbonyl (C=O) groups is 2. The fourth-order valence-corrected chi connectivity index (χ4v) is 3.97. The van der Waals surface area contributed by atoms with Crippen molar-refractivity contribution in [1.82, 2.24) is 0 Å². The molecule has 29 heavy (non-hydrogen) atoms. The molecule has 1 aliphatic carbocycles. The summed E-state index contributed by atoms with van der Waals surface area (Å²) in [5, 5.41) is 11.2. The van der Waals surface area contributed by atoms with Gasteiger partial charge in [0.15, 0.2) is 0 Å². The predicted octanol–water partition coefficient (Wildman–Crippen LogP) is 2.35. The van der Waals surface area contributed by atoms with Crippen molar-refractivity contribution in [2.75, 3.05) is 6.61 Å². The number of unbranched alkanes of at least 4 members (excludes halogenated alkanes) is 10. The van der Waals surface area contributed by atoms with E-state index in [1.807, 2.05) is 0 Å². The molecule has 0 bridgehead atoms. The van der Waals surface area contributed by atoms with Crippen molar-refractivity contribution in [3.05, 3.63) is 12.2 Å². The minimum atomic E-state index is -1.11. The summed E-state index contributed by atoms with van der Waals surface area (Å²) in [6.45, 7) is 2.64. The Labute approximate surface area is 200 Å². The van der Waals surface area contributed by atoms with Crippen LogP contribution in [-0.4, -0.2) is 18.5 Å². The van der Waals surface area contributed by atoms with Gasteiger partial charge in [0.05, 0.1) is 12.5 Å². The minimum absolute atomic E-state index is 0. The summed E-state index contributed by atoms with van der Waals surface area (Å²) in [6, 6.07) is 0. The van der Waals surface area contributed by atoms with Crippen molar-refractivity contribution in [2.24, 2.45) is 11.8 Å². The fourth-order valence-electron chi connectivity index (χ4n) is 3.97. The quantitative estimate of drug-likeness (QED) is 0.168. The molecule has 162 valence electrons. The Morgan fingerprint density at radius 1 is 0.828 bits per heavy atom. The molecule has 5 heteroatoms. The molecule has 4 nitrogen and oxygen atoms in total. The third-order valence-corrected chi connectivity index (χ3v) is 5.77. The average Bonchev–Trinajstić information content (AvgIpc) is 2.70. The van der Waals surface area contributed by atoms with E-state index in [0.717, 1.165) is 38.5 Å². The van der Waals surface area contributed by atoms with Crippen LogP contribution >= 0.6 is 0 Å². The zero-order chi connectivity index (χ0) is 20.5. The van der Waals surface area contributed by atoms with E-state index in [1.54, 1.807) is 0 Å². The number of hydrogen-bond acceptors (Lipinski definition) is 4. The molecule has 0 aromatic carbocycles. The second-order valence-corrected chi connectivity index (χ2v) is 8.21. The first-order valence-corrected chi connectivity index (χ1v) is 11.7. The maximum atomic E-state index is 12.1. The molecule has 0 aromatic heterocycles. The number of hydrogen-bond donors (Lipinski definition) is 0. The summed E-state index contributed by atoms with van der Waals surface area (Å²) >= 11 is 0. The summed E-state index contributed by atoms with van der Waals surface area (Å²) in [7, 11) is 0. The summed E-state index contributed by atoms with van der Waals surface area (Å²) in [6.07, 6.45) is 22.2. The number of rotatable bonds is 16. The van der Waals surface area contributed by atoms with Crippen molar-refractivity contribution < 1.29 is 49.0 Å². The second-order valence-electron chi connectivity index (χ2n) is 8.21. The molecule has 0 heterocycles. The molecule has 0 saturated heterocycles. The van der Waals surface area contributed by atoms with Crippen molar-refractivity contribution >= 4 is 11.9 Å². The van der Waals surface area contributed by atoms with Crippen molar-refractivity contribution in [2.45, 2.75) is 110 Å². The van der Waals surface area contributed by atoms with E-state index in [9.17, 15) is 14.7 Å². The van der Waals surface area contributed by atoms with Crippen LogP contribution in [0, 0.1) is 11.8 Å². The molecule has 0 amide bonds. The first kappa shape index (κ1) is 28.7. The van der Waals surface area contributed by atoms with Gasteiger partial charge in [-0.2, -0.15) is 0 Å². The number of carboxylic acid groups (broad SMARTS) is 1. The van der Waals surface area contributed by atoms with Gasteiger partial charge in [-0.15, -0.1) is 0 Å². The smallest absolute Gasteiger partial charge is 0.550 e. The van der Waals surface area contributed by atoms with Gasteiger partial charge < -0.3 is 14.6 Å². The molecule has 0 radical (unpaired) electrons. The summed E-state index contributed by atoms with van der Waals surface area (Å²) in [4.78, 5) is 23.3. The number of carboxylic acids is 1. The van der Waals surface area contributed by atoms with Gasteiger partial charge in [0.1, 0.15) is 0 Å². The molecule has 1 saturated carbocycles. The normalized spacial score (nSPS) is 19.1. The first-order valence-electron chi connectivity index (χ1n) is 11.7. The molecule has 0 aromatic rings. The van der Waals surface area contributed by atoms with Crippen LogP contribution < -0.4 is 34.7 Å². The number of ether oxygens (including phenoxy) is 1. The van der Waals surface area contributed by atoms with E-state index >= 15 is 0 Å². The van der Waals surface area contributed by atoms with Crippen LogP contribution in [0.3, 0.4) is 0 Å². The molecular formula is C24H41NaO4. The van der Waals surface area contributed by atoms with E-state index in [4.69, 9.17) is 4.74 Å². The Balaban J connectivity index is 0.00000784. The fraction of sp³-hybridized carbons (Fsp3) is 0.833. The van der Waals surface area contributed by atoms with E-state index in [2.05, 4.69) is 19.1 Å². The molecule has 1 fully saturated rings. The maximum absolute atomic E-state index is 12.1. The first-order chi connectivity index (χ1) is 13.7. The summed E-state index contributed by atoms with van der Waals surface area (Å²) in [5.41, 5.74) is 0. The van der Waals surface area contributed by atoms with E-state index in [1.165, 1.54) is 51.4 Å². The van der Waals surface area contributed by atoms with Gasteiger partial charge in [-0.25, -0.2) is 0 Å². The standard InChI is InChI=1S/C24H42O4.Na/c1-2-3-4-5-6-7-8-9-10-11-12-13-14-17-20-28-24(27)22-19-16-15-18-21(22)23(25)26;/h11-12,21-22H,2-10,13-20H2,1H3,(H,25,26);/q;+1/p-1/b12-11+;. The maximum Gasteiger partial charge on any atom is 1.00 e. The molecule has 1 rings (SSSR count). The van der Waals surface area contributed by atoms with Gasteiger partial charge in [0.2, 0.25) is 0 Å². The minimum Gasteiger partial charge on any atom is -0.550 e. The van der Waals surface area contributed by atoms with Crippen LogP contribution in [0.2, 0.25) is 0 Å². The average molecular weight is 417 g/mol. The zero-order valence-corrected chi connectivity index (χ0v) is 21.0. The van der Waals surface area contributed by atoms with Crippen molar-refractivity contribution in [3.8, 4) is 0 Å². The van der Waals surface area contributed by atoms with E-state index in [0.29, 0.717) is 19.4 Å². The van der Waals surface area contributed by atoms with Gasteiger partial charge in [-0.1, -0.05) is 76.9 Å². The molecule has 0 N–H and O–H groups in total. The SMILES string of the molecule is CCCCCCCCCC/C=C/CCCCOC(=O)C1CCCCC1C(=O)[O-].[Na+]. The van der Waals surface area contributed by atoms with Crippen LogP contribution in [0.5, 0.6) is 0 Å². The van der Waals surface area contributed by atoms with Crippen LogP contribution in [0.25, 0.3) is 0 Å². The summed E-state index contributed by atoms with van der Waals surface area (Å²) in [5.74, 6) is -2.63. The Kier molecular flexibility index (Phi) is 19.4. The Hall–Kier alpha value is -0.320. The Morgan fingerprint density at radius 3 is 1.93 bits per heavy atom. The van der Waals surface area contributed by atoms with E-state index in [-0.39, 0.29) is 35.5 Å². The predicted molar refractivity (Wildman–Crippen MR) is 112 cm³/mol. The number of carbonyl (C=O) groups excluding carboxylic acids is 2. The molecular weight excluding hydrogens is 375 g/mol. The molecule has 2 unspecified atom stereocenters. The Morgan fingerprint density at radius 2 is 1.34 bits per heavy atom. The molecule has 1 aliphatic rings. The molecule has 0 spiro atoms. The van der Waals surface area contributed by atoms with Gasteiger partial charge in [0.25, 0.3) is 0 Å². The van der Waals surface area contributed by atoms with Crippen molar-refractivity contribution in [1.29, 1.82) is 0 Å². The monoisotopic (exact) mass is 416 g/mol. The van der Waals surface area contributed by atoms with Gasteiger partial charge in [0, 0.05) is 11.9 Å². The molecule has 0 aliphatic heterocycles. The molecule has 2 atom stereocenters. The largest absolute Gasteiger partial charge is 1.00 e. The second kappa shape index (κ2) is 19.6. The van der Waals surface area contributed by atoms with Crippen LogP contribution in [0.1, 0.15) is 110 Å². The zero-order valence-electron chi connectivity index (χ0n) is 19.0. The number of aliphatic carboxylic acids is 1. The van der Waals surface area contributed by atoms with Crippen molar-refractivity contribution in [3.63, 3.8) is 0 Å². The topological polar surface area (TPSA) is 66.4 Å². The number of esters is 1. The van der Waals surface area contributed by atoms with Crippen LogP contribution in [-0.2, 0) is 14.3 Å². The number of allylic oxidation sites excluding steroid dienone is 2. The van der Waals surface area contributed by atoms with Gasteiger partial charge >= 0.3 is 35.5 Å². The van der Waals surface area contributed by atoms with Gasteiger partial charge in [-0.3, -0.25) is 4.79 Å². The Bertz CT molecular complexity index is 450. The van der Waals surface area contributed by atoms with Crippen LogP contribution in [0.4, 0.5) is 0 Å². The third kappa shape index (κ3) is 14.3. The van der Waals surface area contributed by atoms with Crippen LogP contribution in [0.15, 0.2) is 12.2 Å². The van der Waals surface area contributed by atoms with E-state index < -0.39 is 17.8 Å². The third-order valence-electron chi connectivity index (χ3n) is 5.77. The van der Waals surface area contributed by atoms with Gasteiger partial charge in [-0.05, 0) is 44.9 Å².